The van der Waals surface area contributed by atoms with Gasteiger partial charge in [-0.2, -0.15) is 0 Å². The van der Waals surface area contributed by atoms with Gasteiger partial charge in [-0.3, -0.25) is 0 Å². The summed E-state index contributed by atoms with van der Waals surface area (Å²) in [5.74, 6) is 0. The molecule has 6 heteroatoms. The standard InChI is InChI=1S/N.O3S.S/c;1-4(2)3;. The highest BCUT2D eigenvalue weighted by molar-refractivity contribution is 7.59. The summed E-state index contributed by atoms with van der Waals surface area (Å²) in [5.41, 5.74) is 0. The van der Waals surface area contributed by atoms with Crippen molar-refractivity contribution in [2.45, 2.75) is 0 Å². The van der Waals surface area contributed by atoms with Gasteiger partial charge in [0, 0.05) is 19.6 Å². The topological polar surface area (TPSA) is 81.7 Å². The summed E-state index contributed by atoms with van der Waals surface area (Å²) in [5, 5.41) is 0. The third-order valence-electron chi connectivity index (χ3n) is 0. The van der Waals surface area contributed by atoms with Gasteiger partial charge in [-0.05, 0) is 0 Å². The molecule has 0 aliphatic carbocycles. The van der Waals surface area contributed by atoms with E-state index in [1.54, 1.807) is 0 Å². The molecule has 0 bridgehead atoms. The largest absolute Gasteiger partial charge is 0.425 e. The van der Waals surface area contributed by atoms with Crippen LogP contribution in [0.5, 0.6) is 0 Å². The molecule has 0 heterocycles. The molecule has 0 saturated heterocycles. The van der Waals surface area contributed by atoms with E-state index in [4.69, 9.17) is 12.6 Å². The summed E-state index contributed by atoms with van der Waals surface area (Å²) in [7, 11) is -3.11. The lowest BCUT2D eigenvalue weighted by atomic mass is 14.0. The maximum Gasteiger partial charge on any atom is 0.425 e. The third-order valence-corrected chi connectivity index (χ3v) is 0. The van der Waals surface area contributed by atoms with Crippen molar-refractivity contribution in [1.82, 2.24) is 6.15 Å². The minimum absolute atomic E-state index is 0. The summed E-state index contributed by atoms with van der Waals surface area (Å²) >= 11 is 0. The number of nitrogens with zero attached hydrogens (tertiary/aromatic N) is 1. The van der Waals surface area contributed by atoms with Crippen LogP contribution in [0.15, 0.2) is 0 Å². The average molecular weight is 126 g/mol. The van der Waals surface area contributed by atoms with E-state index >= 15 is 0 Å². The van der Waals surface area contributed by atoms with Gasteiger partial charge in [-0.25, -0.2) is 0 Å². The molecule has 0 aromatic carbocycles. The fourth-order valence-electron chi connectivity index (χ4n) is 0. The van der Waals surface area contributed by atoms with Crippen LogP contribution in [0.25, 0.3) is 0 Å². The molecule has 0 spiro atoms. The molecule has 0 amide bonds. The predicted molar refractivity (Wildman–Crippen MR) is 19.4 cm³/mol. The number of rotatable bonds is 0. The van der Waals surface area contributed by atoms with Crippen LogP contribution in [0, 0.1) is 0 Å². The van der Waals surface area contributed by atoms with Gasteiger partial charge in [0.2, 0.25) is 0 Å². The molecule has 0 saturated carbocycles. The second kappa shape index (κ2) is 8.87. The van der Waals surface area contributed by atoms with E-state index in [0.717, 1.165) is 0 Å². The molecule has 6 heavy (non-hydrogen) atoms. The van der Waals surface area contributed by atoms with Gasteiger partial charge < -0.3 is 0 Å². The zero-order valence-electron chi connectivity index (χ0n) is 2.49. The fraction of sp³-hybridized carbons (Fsp3) is 0. The fourth-order valence-corrected chi connectivity index (χ4v) is 0. The SMILES string of the molecule is O=S(=O)=O.[N].[S]. The molecule has 4 nitrogen and oxygen atoms in total. The average Bonchev–Trinajstić information content (AvgIpc) is 0.811. The van der Waals surface area contributed by atoms with Crippen molar-refractivity contribution in [2.75, 3.05) is 0 Å². The van der Waals surface area contributed by atoms with E-state index < -0.39 is 10.6 Å². The van der Waals surface area contributed by atoms with Gasteiger partial charge in [0.25, 0.3) is 0 Å². The Morgan fingerprint density at radius 3 is 1.00 bits per heavy atom. The van der Waals surface area contributed by atoms with Crippen LogP contribution in [0.2, 0.25) is 0 Å². The summed E-state index contributed by atoms with van der Waals surface area (Å²) in [6.07, 6.45) is 0. The van der Waals surface area contributed by atoms with Crippen molar-refractivity contribution in [1.29, 1.82) is 0 Å². The van der Waals surface area contributed by atoms with Gasteiger partial charge in [0.05, 0.1) is 0 Å². The molecule has 0 aromatic heterocycles. The van der Waals surface area contributed by atoms with E-state index in [-0.39, 0.29) is 19.6 Å². The van der Waals surface area contributed by atoms with Gasteiger partial charge >= 0.3 is 10.6 Å². The lowest BCUT2D eigenvalue weighted by Crippen LogP contribution is -1.40. The van der Waals surface area contributed by atoms with Crippen molar-refractivity contribution in [2.24, 2.45) is 0 Å². The maximum atomic E-state index is 8.44. The van der Waals surface area contributed by atoms with Crippen molar-refractivity contribution in [3.05, 3.63) is 0 Å². The monoisotopic (exact) mass is 126 g/mol. The highest BCUT2D eigenvalue weighted by Crippen LogP contribution is 1.07. The van der Waals surface area contributed by atoms with Crippen molar-refractivity contribution >= 4 is 24.1 Å². The summed E-state index contributed by atoms with van der Waals surface area (Å²) < 4.78 is 25.3. The molecule has 0 aromatic rings. The molecular weight excluding hydrogens is 126 g/mol. The van der Waals surface area contributed by atoms with Crippen LogP contribution < -0.4 is 6.15 Å². The Bertz CT molecular complexity index is 78.2. The second-order valence-corrected chi connectivity index (χ2v) is 0.612. The molecule has 35 valence electrons. The lowest BCUT2D eigenvalue weighted by molar-refractivity contribution is 0.559. The van der Waals surface area contributed by atoms with Crippen LogP contribution in [0.3, 0.4) is 0 Å². The zero-order chi connectivity index (χ0) is 3.58. The van der Waals surface area contributed by atoms with Crippen LogP contribution in [-0.2, 0) is 10.6 Å². The Morgan fingerprint density at radius 1 is 1.00 bits per heavy atom. The van der Waals surface area contributed by atoms with Crippen LogP contribution in [0.1, 0.15) is 0 Å². The normalized spacial score (nSPS) is 4.00. The van der Waals surface area contributed by atoms with Crippen molar-refractivity contribution in [3.8, 4) is 0 Å². The van der Waals surface area contributed by atoms with Crippen LogP contribution in [-0.4, -0.2) is 12.6 Å². The predicted octanol–water partition coefficient (Wildman–Crippen LogP) is -0.836. The minimum atomic E-state index is -3.11. The van der Waals surface area contributed by atoms with Gasteiger partial charge in [0.15, 0.2) is 0 Å². The molecule has 0 atom stereocenters. The highest BCUT2D eigenvalue weighted by Gasteiger charge is 1.40. The second-order valence-electron chi connectivity index (χ2n) is 0.204. The maximum absolute atomic E-state index is 8.44. The third kappa shape index (κ3) is 6890. The first-order chi connectivity index (χ1) is 1.73. The Kier molecular flexibility index (Phi) is 24.8. The molecule has 0 fully saturated rings. The number of hydrogen-bond donors (Lipinski definition) is 0. The van der Waals surface area contributed by atoms with E-state index in [0.29, 0.717) is 0 Å². The highest BCUT2D eigenvalue weighted by atomic mass is 32.2. The molecule has 0 aliphatic heterocycles. The van der Waals surface area contributed by atoms with Crippen molar-refractivity contribution < 1.29 is 12.6 Å². The van der Waals surface area contributed by atoms with Gasteiger partial charge in [-0.1, -0.05) is 0 Å². The van der Waals surface area contributed by atoms with Gasteiger partial charge in [-0.15, -0.1) is 12.6 Å². The summed E-state index contributed by atoms with van der Waals surface area (Å²) in [6, 6.07) is 0. The number of hydrogen-bond acceptors (Lipinski definition) is 3. The Labute approximate surface area is 43.6 Å². The first kappa shape index (κ1) is 16.8. The first-order valence-corrected chi connectivity index (χ1v) is 1.50. The zero-order valence-corrected chi connectivity index (χ0v) is 4.12. The molecule has 0 aliphatic rings. The summed E-state index contributed by atoms with van der Waals surface area (Å²) in [6.45, 7) is 0. The van der Waals surface area contributed by atoms with E-state index in [2.05, 4.69) is 0 Å². The van der Waals surface area contributed by atoms with E-state index in [1.165, 1.54) is 0 Å². The molecule has 0 rings (SSSR count). The Balaban J connectivity index is -0.0000000450. The Morgan fingerprint density at radius 2 is 1.00 bits per heavy atom. The molecular formula is NO3S2. The molecule has 5 radical (unpaired) electrons. The van der Waals surface area contributed by atoms with E-state index in [1.807, 2.05) is 0 Å². The quantitative estimate of drug-likeness (QED) is 0.424. The summed E-state index contributed by atoms with van der Waals surface area (Å²) in [4.78, 5) is 0. The first-order valence-electron chi connectivity index (χ1n) is 0.500. The smallest absolute Gasteiger partial charge is 0.142 e. The molecule has 0 N–H and O–H groups in total. The van der Waals surface area contributed by atoms with Gasteiger partial charge in [0.1, 0.15) is 0 Å². The Hall–Kier alpha value is -0.0700. The van der Waals surface area contributed by atoms with Crippen LogP contribution in [0.4, 0.5) is 0 Å². The lowest BCUT2D eigenvalue weighted by Gasteiger charge is -1.11. The van der Waals surface area contributed by atoms with Crippen LogP contribution >= 0.6 is 13.5 Å². The van der Waals surface area contributed by atoms with Crippen molar-refractivity contribution in [3.63, 3.8) is 0 Å². The minimum Gasteiger partial charge on any atom is -0.142 e. The molecule has 0 unspecified atom stereocenters. The van der Waals surface area contributed by atoms with E-state index in [9.17, 15) is 0 Å².